The van der Waals surface area contributed by atoms with E-state index in [4.69, 9.17) is 16.3 Å². The molecule has 1 aliphatic rings. The number of amides is 1. The highest BCUT2D eigenvalue weighted by atomic mass is 35.5. The molecule has 1 aliphatic heterocycles. The Morgan fingerprint density at radius 2 is 2.25 bits per heavy atom. The average molecular weight is 297 g/mol. The van der Waals surface area contributed by atoms with Crippen LogP contribution in [0.15, 0.2) is 18.2 Å². The molecule has 1 fully saturated rings. The SMILES string of the molecule is CCNc1ccc(Cl)cc1C(=O)N1CCOCC1(C)C. The number of hydrogen-bond donors (Lipinski definition) is 1. The van der Waals surface area contributed by atoms with Crippen LogP contribution in [0.2, 0.25) is 5.02 Å². The molecule has 1 heterocycles. The fourth-order valence-electron chi connectivity index (χ4n) is 2.42. The van der Waals surface area contributed by atoms with Gasteiger partial charge < -0.3 is 15.0 Å². The number of morpholine rings is 1. The third-order valence-corrected chi connectivity index (χ3v) is 3.70. The first-order chi connectivity index (χ1) is 9.45. The number of halogens is 1. The molecule has 1 amide bonds. The van der Waals surface area contributed by atoms with Crippen LogP contribution >= 0.6 is 11.6 Å². The lowest BCUT2D eigenvalue weighted by Gasteiger charge is -2.42. The van der Waals surface area contributed by atoms with Crippen molar-refractivity contribution in [1.29, 1.82) is 0 Å². The molecule has 0 bridgehead atoms. The predicted octanol–water partition coefficient (Wildman–Crippen LogP) is 3.02. The summed E-state index contributed by atoms with van der Waals surface area (Å²) in [6, 6.07) is 5.38. The van der Waals surface area contributed by atoms with Crippen LogP contribution in [-0.4, -0.2) is 42.6 Å². The van der Waals surface area contributed by atoms with Crippen molar-refractivity contribution in [2.24, 2.45) is 0 Å². The molecule has 0 radical (unpaired) electrons. The molecular formula is C15H21ClN2O2. The maximum Gasteiger partial charge on any atom is 0.256 e. The van der Waals surface area contributed by atoms with Crippen LogP contribution in [0.4, 0.5) is 5.69 Å². The van der Waals surface area contributed by atoms with Crippen molar-refractivity contribution in [3.05, 3.63) is 28.8 Å². The van der Waals surface area contributed by atoms with Gasteiger partial charge in [0.15, 0.2) is 0 Å². The molecule has 1 aromatic carbocycles. The van der Waals surface area contributed by atoms with E-state index < -0.39 is 0 Å². The third-order valence-electron chi connectivity index (χ3n) is 3.47. The Balaban J connectivity index is 2.34. The first-order valence-electron chi connectivity index (χ1n) is 6.89. The fourth-order valence-corrected chi connectivity index (χ4v) is 2.59. The molecule has 2 rings (SSSR count). The molecule has 0 atom stereocenters. The van der Waals surface area contributed by atoms with Crippen LogP contribution in [0.3, 0.4) is 0 Å². The number of anilines is 1. The molecule has 110 valence electrons. The van der Waals surface area contributed by atoms with Crippen molar-refractivity contribution in [1.82, 2.24) is 4.90 Å². The number of carbonyl (C=O) groups is 1. The smallest absolute Gasteiger partial charge is 0.256 e. The van der Waals surface area contributed by atoms with Crippen molar-refractivity contribution in [3.8, 4) is 0 Å². The van der Waals surface area contributed by atoms with E-state index in [-0.39, 0.29) is 11.4 Å². The number of rotatable bonds is 3. The number of carbonyl (C=O) groups excluding carboxylic acids is 1. The third kappa shape index (κ3) is 3.07. The average Bonchev–Trinajstić information content (AvgIpc) is 2.40. The lowest BCUT2D eigenvalue weighted by atomic mass is 10.0. The Morgan fingerprint density at radius 3 is 2.90 bits per heavy atom. The van der Waals surface area contributed by atoms with Gasteiger partial charge in [0, 0.05) is 23.8 Å². The second-order valence-corrected chi connectivity index (χ2v) is 5.98. The second kappa shape index (κ2) is 6.02. The zero-order valence-electron chi connectivity index (χ0n) is 12.2. The summed E-state index contributed by atoms with van der Waals surface area (Å²) in [5.41, 5.74) is 1.14. The van der Waals surface area contributed by atoms with E-state index in [1.807, 2.05) is 31.7 Å². The van der Waals surface area contributed by atoms with Gasteiger partial charge in [0.1, 0.15) is 0 Å². The van der Waals surface area contributed by atoms with Gasteiger partial charge >= 0.3 is 0 Å². The monoisotopic (exact) mass is 296 g/mol. The summed E-state index contributed by atoms with van der Waals surface area (Å²) >= 11 is 6.05. The lowest BCUT2D eigenvalue weighted by molar-refractivity contribution is -0.0370. The summed E-state index contributed by atoms with van der Waals surface area (Å²) in [6.07, 6.45) is 0. The van der Waals surface area contributed by atoms with E-state index in [0.29, 0.717) is 30.3 Å². The molecule has 0 unspecified atom stereocenters. The van der Waals surface area contributed by atoms with Gasteiger partial charge in [0.2, 0.25) is 0 Å². The largest absolute Gasteiger partial charge is 0.385 e. The number of nitrogens with zero attached hydrogens (tertiary/aromatic N) is 1. The van der Waals surface area contributed by atoms with Gasteiger partial charge in [-0.1, -0.05) is 11.6 Å². The lowest BCUT2D eigenvalue weighted by Crippen LogP contribution is -2.55. The fraction of sp³-hybridized carbons (Fsp3) is 0.533. The zero-order valence-corrected chi connectivity index (χ0v) is 13.0. The molecule has 0 saturated carbocycles. The summed E-state index contributed by atoms with van der Waals surface area (Å²) in [6.45, 7) is 8.52. The highest BCUT2D eigenvalue weighted by Crippen LogP contribution is 2.27. The number of hydrogen-bond acceptors (Lipinski definition) is 3. The van der Waals surface area contributed by atoms with Crippen molar-refractivity contribution in [2.75, 3.05) is 31.6 Å². The van der Waals surface area contributed by atoms with E-state index in [1.54, 1.807) is 12.1 Å². The van der Waals surface area contributed by atoms with Crippen LogP contribution < -0.4 is 5.32 Å². The van der Waals surface area contributed by atoms with Gasteiger partial charge in [0.25, 0.3) is 5.91 Å². The second-order valence-electron chi connectivity index (χ2n) is 5.54. The number of benzene rings is 1. The van der Waals surface area contributed by atoms with E-state index in [2.05, 4.69) is 5.32 Å². The minimum absolute atomic E-state index is 0.00301. The summed E-state index contributed by atoms with van der Waals surface area (Å²) < 4.78 is 5.47. The van der Waals surface area contributed by atoms with Crippen LogP contribution in [0.25, 0.3) is 0 Å². The van der Waals surface area contributed by atoms with Gasteiger partial charge in [-0.2, -0.15) is 0 Å². The summed E-state index contributed by atoms with van der Waals surface area (Å²) in [4.78, 5) is 14.7. The predicted molar refractivity (Wildman–Crippen MR) is 81.6 cm³/mol. The molecule has 1 N–H and O–H groups in total. The molecule has 0 aliphatic carbocycles. The van der Waals surface area contributed by atoms with Gasteiger partial charge in [-0.25, -0.2) is 0 Å². The summed E-state index contributed by atoms with van der Waals surface area (Å²) in [5.74, 6) is -0.00301. The standard InChI is InChI=1S/C15H21ClN2O2/c1-4-17-13-6-5-11(16)9-12(13)14(19)18-7-8-20-10-15(18,2)3/h5-6,9,17H,4,7-8,10H2,1-3H3. The maximum atomic E-state index is 12.8. The van der Waals surface area contributed by atoms with Crippen LogP contribution in [-0.2, 0) is 4.74 Å². The van der Waals surface area contributed by atoms with Crippen molar-refractivity contribution in [3.63, 3.8) is 0 Å². The minimum atomic E-state index is -0.304. The zero-order chi connectivity index (χ0) is 14.8. The van der Waals surface area contributed by atoms with Crippen molar-refractivity contribution >= 4 is 23.2 Å². The molecule has 0 spiro atoms. The molecular weight excluding hydrogens is 276 g/mol. The maximum absolute atomic E-state index is 12.8. The first kappa shape index (κ1) is 15.1. The van der Waals surface area contributed by atoms with E-state index in [9.17, 15) is 4.79 Å². The van der Waals surface area contributed by atoms with Crippen LogP contribution in [0.1, 0.15) is 31.1 Å². The highest BCUT2D eigenvalue weighted by molar-refractivity contribution is 6.31. The van der Waals surface area contributed by atoms with Gasteiger partial charge in [-0.15, -0.1) is 0 Å². The molecule has 0 aromatic heterocycles. The Hall–Kier alpha value is -1.26. The molecule has 4 nitrogen and oxygen atoms in total. The number of ether oxygens (including phenoxy) is 1. The molecule has 20 heavy (non-hydrogen) atoms. The Morgan fingerprint density at radius 1 is 1.50 bits per heavy atom. The van der Waals surface area contributed by atoms with E-state index in [1.165, 1.54) is 0 Å². The number of nitrogens with one attached hydrogen (secondary N) is 1. The Kier molecular flexibility index (Phi) is 4.55. The molecule has 1 aromatic rings. The van der Waals surface area contributed by atoms with E-state index in [0.717, 1.165) is 12.2 Å². The summed E-state index contributed by atoms with van der Waals surface area (Å²) in [7, 11) is 0. The Labute approximate surface area is 125 Å². The van der Waals surface area contributed by atoms with Gasteiger partial charge in [-0.05, 0) is 39.0 Å². The normalized spacial score (nSPS) is 17.9. The first-order valence-corrected chi connectivity index (χ1v) is 7.26. The summed E-state index contributed by atoms with van der Waals surface area (Å²) in [5, 5.41) is 3.78. The van der Waals surface area contributed by atoms with Crippen molar-refractivity contribution in [2.45, 2.75) is 26.3 Å². The van der Waals surface area contributed by atoms with E-state index >= 15 is 0 Å². The van der Waals surface area contributed by atoms with Gasteiger partial charge in [0.05, 0.1) is 24.3 Å². The molecule has 1 saturated heterocycles. The van der Waals surface area contributed by atoms with Gasteiger partial charge in [-0.3, -0.25) is 4.79 Å². The molecule has 5 heteroatoms. The minimum Gasteiger partial charge on any atom is -0.385 e. The highest BCUT2D eigenvalue weighted by Gasteiger charge is 2.35. The Bertz CT molecular complexity index is 503. The van der Waals surface area contributed by atoms with Crippen molar-refractivity contribution < 1.29 is 9.53 Å². The van der Waals surface area contributed by atoms with Crippen LogP contribution in [0.5, 0.6) is 0 Å². The van der Waals surface area contributed by atoms with Crippen LogP contribution in [0, 0.1) is 0 Å². The topological polar surface area (TPSA) is 41.6 Å². The quantitative estimate of drug-likeness (QED) is 0.932.